The highest BCUT2D eigenvalue weighted by Gasteiger charge is 2.19. The van der Waals surface area contributed by atoms with Gasteiger partial charge in [0.1, 0.15) is 0 Å². The first kappa shape index (κ1) is 24.1. The molecule has 0 bridgehead atoms. The summed E-state index contributed by atoms with van der Waals surface area (Å²) in [7, 11) is 0. The Morgan fingerprint density at radius 3 is 1.57 bits per heavy atom. The third-order valence-electron chi connectivity index (χ3n) is 8.11. The molecule has 0 aromatic heterocycles. The molecule has 0 nitrogen and oxygen atoms in total. The Kier molecular flexibility index (Phi) is 6.02. The van der Waals surface area contributed by atoms with Crippen molar-refractivity contribution in [3.63, 3.8) is 0 Å². The Morgan fingerprint density at radius 1 is 0.450 bits per heavy atom. The summed E-state index contributed by atoms with van der Waals surface area (Å²) in [6, 6.07) is 48.9. The molecule has 0 radical (unpaired) electrons. The summed E-state index contributed by atoms with van der Waals surface area (Å²) in [6.07, 6.45) is 4.28. The van der Waals surface area contributed by atoms with Gasteiger partial charge in [-0.3, -0.25) is 0 Å². The average Bonchev–Trinajstić information content (AvgIpc) is 3.01. The van der Waals surface area contributed by atoms with Crippen LogP contribution in [-0.2, 0) is 0 Å². The fraction of sp³-hybridized carbons (Fsp3) is 0.0500. The van der Waals surface area contributed by atoms with Crippen molar-refractivity contribution in [2.45, 2.75) is 13.8 Å². The van der Waals surface area contributed by atoms with Crippen LogP contribution in [-0.4, -0.2) is 0 Å². The second-order valence-electron chi connectivity index (χ2n) is 10.5. The standard InChI is InChI=1S/C40H30/c1-3-13-28-24-25-30(26-27(28)2)32-17-6-7-18-33(32)39-35-19-8-10-21-37(35)40(38-22-11-9-20-36(38)39)34-23-12-15-29-14-4-5-16-31(29)34/h3-26H,1-2H3/b13-3-. The topological polar surface area (TPSA) is 0 Å². The highest BCUT2D eigenvalue weighted by Crippen LogP contribution is 2.47. The smallest absolute Gasteiger partial charge is 0.00201 e. The van der Waals surface area contributed by atoms with Crippen LogP contribution in [0.4, 0.5) is 0 Å². The van der Waals surface area contributed by atoms with Crippen LogP contribution in [0.15, 0.2) is 140 Å². The quantitative estimate of drug-likeness (QED) is 0.207. The molecular formula is C40H30. The normalized spacial score (nSPS) is 11.7. The number of hydrogen-bond donors (Lipinski definition) is 0. The van der Waals surface area contributed by atoms with Gasteiger partial charge in [-0.15, -0.1) is 0 Å². The second kappa shape index (κ2) is 9.98. The molecule has 0 unspecified atom stereocenters. The van der Waals surface area contributed by atoms with Crippen molar-refractivity contribution < 1.29 is 0 Å². The molecule has 7 aromatic rings. The molecule has 0 spiro atoms. The lowest BCUT2D eigenvalue weighted by Gasteiger charge is -2.20. The third kappa shape index (κ3) is 3.92. The predicted octanol–water partition coefficient (Wildman–Crippen LogP) is 11.5. The maximum absolute atomic E-state index is 2.32. The fourth-order valence-corrected chi connectivity index (χ4v) is 6.31. The number of benzene rings is 7. The van der Waals surface area contributed by atoms with E-state index in [1.54, 1.807) is 0 Å². The fourth-order valence-electron chi connectivity index (χ4n) is 6.31. The van der Waals surface area contributed by atoms with Gasteiger partial charge in [-0.1, -0.05) is 146 Å². The molecule has 0 N–H and O–H groups in total. The van der Waals surface area contributed by atoms with Gasteiger partial charge in [0.25, 0.3) is 0 Å². The molecule has 0 aliphatic rings. The first-order chi connectivity index (χ1) is 19.7. The van der Waals surface area contributed by atoms with Gasteiger partial charge in [0.15, 0.2) is 0 Å². The number of hydrogen-bond acceptors (Lipinski definition) is 0. The van der Waals surface area contributed by atoms with Crippen molar-refractivity contribution in [1.82, 2.24) is 0 Å². The van der Waals surface area contributed by atoms with Gasteiger partial charge < -0.3 is 0 Å². The first-order valence-corrected chi connectivity index (χ1v) is 14.0. The van der Waals surface area contributed by atoms with E-state index in [-0.39, 0.29) is 0 Å². The summed E-state index contributed by atoms with van der Waals surface area (Å²) < 4.78 is 0. The molecule has 0 saturated carbocycles. The van der Waals surface area contributed by atoms with E-state index in [2.05, 4.69) is 159 Å². The summed E-state index contributed by atoms with van der Waals surface area (Å²) in [6.45, 7) is 4.27. The number of allylic oxidation sites excluding steroid dienone is 1. The largest absolute Gasteiger partial charge is 0.0871 e. The van der Waals surface area contributed by atoms with Gasteiger partial charge in [-0.25, -0.2) is 0 Å². The highest BCUT2D eigenvalue weighted by atomic mass is 14.2. The van der Waals surface area contributed by atoms with Gasteiger partial charge in [0, 0.05) is 0 Å². The minimum Gasteiger partial charge on any atom is -0.0871 e. The van der Waals surface area contributed by atoms with Crippen molar-refractivity contribution in [3.05, 3.63) is 151 Å². The minimum absolute atomic E-state index is 1.24. The average molecular weight is 511 g/mol. The molecule has 0 heteroatoms. The maximum Gasteiger partial charge on any atom is -0.00201 e. The molecular weight excluding hydrogens is 480 g/mol. The SMILES string of the molecule is C/C=C\c1ccc(-c2ccccc2-c2c3ccccc3c(-c3cccc4ccccc34)c3ccccc23)cc1C. The molecule has 0 atom stereocenters. The monoisotopic (exact) mass is 510 g/mol. The Balaban J connectivity index is 1.58. The van der Waals surface area contributed by atoms with E-state index in [0.29, 0.717) is 0 Å². The molecule has 0 saturated heterocycles. The van der Waals surface area contributed by atoms with Crippen LogP contribution in [0, 0.1) is 6.92 Å². The van der Waals surface area contributed by atoms with E-state index in [9.17, 15) is 0 Å². The molecule has 0 fully saturated rings. The Morgan fingerprint density at radius 2 is 0.950 bits per heavy atom. The zero-order chi connectivity index (χ0) is 27.1. The lowest BCUT2D eigenvalue weighted by molar-refractivity contribution is 1.44. The first-order valence-electron chi connectivity index (χ1n) is 14.0. The lowest BCUT2D eigenvalue weighted by Crippen LogP contribution is -1.93. The summed E-state index contributed by atoms with van der Waals surface area (Å²) in [5.74, 6) is 0. The minimum atomic E-state index is 1.24. The van der Waals surface area contributed by atoms with Crippen molar-refractivity contribution >= 4 is 38.4 Å². The molecule has 7 aromatic carbocycles. The Labute approximate surface area is 235 Å². The molecule has 0 heterocycles. The van der Waals surface area contributed by atoms with Crippen LogP contribution in [0.2, 0.25) is 0 Å². The van der Waals surface area contributed by atoms with E-state index < -0.39 is 0 Å². The Bertz CT molecular complexity index is 2010. The van der Waals surface area contributed by atoms with Crippen LogP contribution in [0.25, 0.3) is 71.8 Å². The number of fused-ring (bicyclic) bond motifs is 3. The number of aryl methyl sites for hydroxylation is 1. The van der Waals surface area contributed by atoms with Gasteiger partial charge >= 0.3 is 0 Å². The molecule has 40 heavy (non-hydrogen) atoms. The van der Waals surface area contributed by atoms with Gasteiger partial charge in [-0.05, 0) is 90.7 Å². The second-order valence-corrected chi connectivity index (χ2v) is 10.5. The van der Waals surface area contributed by atoms with E-state index >= 15 is 0 Å². The van der Waals surface area contributed by atoms with Crippen LogP contribution in [0.5, 0.6) is 0 Å². The Hall–Kier alpha value is -4.94. The van der Waals surface area contributed by atoms with Gasteiger partial charge in [0.05, 0.1) is 0 Å². The lowest BCUT2D eigenvalue weighted by atomic mass is 9.83. The number of rotatable bonds is 4. The zero-order valence-corrected chi connectivity index (χ0v) is 22.9. The van der Waals surface area contributed by atoms with Crippen molar-refractivity contribution in [1.29, 1.82) is 0 Å². The van der Waals surface area contributed by atoms with Crippen LogP contribution in [0.1, 0.15) is 18.1 Å². The van der Waals surface area contributed by atoms with E-state index in [0.717, 1.165) is 0 Å². The summed E-state index contributed by atoms with van der Waals surface area (Å²) >= 11 is 0. The zero-order valence-electron chi connectivity index (χ0n) is 22.9. The predicted molar refractivity (Wildman–Crippen MR) is 175 cm³/mol. The maximum atomic E-state index is 2.32. The molecule has 0 amide bonds. The summed E-state index contributed by atoms with van der Waals surface area (Å²) in [5.41, 5.74) is 10.2. The van der Waals surface area contributed by atoms with E-state index in [4.69, 9.17) is 0 Å². The molecule has 190 valence electrons. The molecule has 0 aliphatic carbocycles. The van der Waals surface area contributed by atoms with Crippen molar-refractivity contribution in [3.8, 4) is 33.4 Å². The van der Waals surface area contributed by atoms with E-state index in [1.807, 2.05) is 0 Å². The highest BCUT2D eigenvalue weighted by molar-refractivity contribution is 6.24. The van der Waals surface area contributed by atoms with Crippen molar-refractivity contribution in [2.75, 3.05) is 0 Å². The molecule has 7 rings (SSSR count). The van der Waals surface area contributed by atoms with E-state index in [1.165, 1.54) is 76.8 Å². The van der Waals surface area contributed by atoms with Crippen molar-refractivity contribution in [2.24, 2.45) is 0 Å². The van der Waals surface area contributed by atoms with Crippen LogP contribution < -0.4 is 0 Å². The summed E-state index contributed by atoms with van der Waals surface area (Å²) in [5, 5.41) is 7.66. The van der Waals surface area contributed by atoms with Gasteiger partial charge in [-0.2, -0.15) is 0 Å². The third-order valence-corrected chi connectivity index (χ3v) is 8.11. The van der Waals surface area contributed by atoms with Gasteiger partial charge in [0.2, 0.25) is 0 Å². The molecule has 0 aliphatic heterocycles. The summed E-state index contributed by atoms with van der Waals surface area (Å²) in [4.78, 5) is 0. The van der Waals surface area contributed by atoms with Crippen LogP contribution in [0.3, 0.4) is 0 Å². The van der Waals surface area contributed by atoms with Crippen LogP contribution >= 0.6 is 0 Å².